The predicted molar refractivity (Wildman–Crippen MR) is 72.4 cm³/mol. The lowest BCUT2D eigenvalue weighted by Crippen LogP contribution is -2.38. The van der Waals surface area contributed by atoms with Crippen LogP contribution in [0.4, 0.5) is 0 Å². The minimum Gasteiger partial charge on any atom is -0.389 e. The molecule has 0 amide bonds. The highest BCUT2D eigenvalue weighted by Crippen LogP contribution is 2.38. The van der Waals surface area contributed by atoms with Gasteiger partial charge in [0.2, 0.25) is 0 Å². The largest absolute Gasteiger partial charge is 0.389 e. The highest BCUT2D eigenvalue weighted by atomic mass is 79.9. The quantitative estimate of drug-likeness (QED) is 0.617. The third-order valence-electron chi connectivity index (χ3n) is 4.34. The van der Waals surface area contributed by atoms with Crippen molar-refractivity contribution in [1.29, 1.82) is 0 Å². The molecule has 2 fully saturated rings. The van der Waals surface area contributed by atoms with Crippen LogP contribution < -0.4 is 0 Å². The first-order valence-electron chi connectivity index (χ1n) is 6.80. The van der Waals surface area contributed by atoms with Gasteiger partial charge in [-0.05, 0) is 18.3 Å². The average molecular weight is 306 g/mol. The number of hydrogen-bond acceptors (Lipinski definition) is 3. The molecule has 3 nitrogen and oxygen atoms in total. The van der Waals surface area contributed by atoms with Crippen LogP contribution in [0.25, 0.3) is 0 Å². The maximum atomic E-state index is 9.61. The fourth-order valence-electron chi connectivity index (χ4n) is 3.26. The number of aliphatic hydroxyl groups is 2. The van der Waals surface area contributed by atoms with Crippen molar-refractivity contribution in [2.75, 3.05) is 25.0 Å². The fraction of sp³-hybridized carbons (Fsp3) is 1.00. The van der Waals surface area contributed by atoms with Crippen molar-refractivity contribution in [1.82, 2.24) is 4.90 Å². The fourth-order valence-corrected chi connectivity index (χ4v) is 4.00. The van der Waals surface area contributed by atoms with Gasteiger partial charge >= 0.3 is 0 Å². The number of aliphatic hydroxyl groups excluding tert-OH is 2. The van der Waals surface area contributed by atoms with E-state index in [1.54, 1.807) is 0 Å². The van der Waals surface area contributed by atoms with E-state index in [0.29, 0.717) is 18.5 Å². The van der Waals surface area contributed by atoms with Gasteiger partial charge in [-0.25, -0.2) is 0 Å². The molecule has 0 spiro atoms. The van der Waals surface area contributed by atoms with E-state index in [1.165, 1.54) is 38.5 Å². The lowest BCUT2D eigenvalue weighted by atomic mass is 9.82. The van der Waals surface area contributed by atoms with E-state index in [-0.39, 0.29) is 0 Å². The number of nitrogens with zero attached hydrogens (tertiary/aromatic N) is 1. The van der Waals surface area contributed by atoms with Crippen molar-refractivity contribution in [3.8, 4) is 0 Å². The molecule has 1 saturated carbocycles. The molecule has 0 radical (unpaired) electrons. The Labute approximate surface area is 112 Å². The molecule has 2 N–H and O–H groups in total. The van der Waals surface area contributed by atoms with E-state index in [1.807, 2.05) is 0 Å². The molecule has 17 heavy (non-hydrogen) atoms. The van der Waals surface area contributed by atoms with Gasteiger partial charge in [0.05, 0.1) is 12.2 Å². The summed E-state index contributed by atoms with van der Waals surface area (Å²) in [6.07, 6.45) is 6.83. The molecule has 2 atom stereocenters. The van der Waals surface area contributed by atoms with Crippen LogP contribution in [0, 0.1) is 5.41 Å². The Hall–Kier alpha value is 0.360. The van der Waals surface area contributed by atoms with Crippen molar-refractivity contribution in [2.24, 2.45) is 5.41 Å². The molecule has 0 aromatic carbocycles. The van der Waals surface area contributed by atoms with Crippen molar-refractivity contribution in [3.05, 3.63) is 0 Å². The van der Waals surface area contributed by atoms with Gasteiger partial charge in [0.15, 0.2) is 0 Å². The molecule has 1 heterocycles. The van der Waals surface area contributed by atoms with Crippen LogP contribution in [0.2, 0.25) is 0 Å². The molecule has 2 aliphatic rings. The van der Waals surface area contributed by atoms with Crippen LogP contribution in [0.1, 0.15) is 38.5 Å². The molecule has 0 bridgehead atoms. The molecule has 1 saturated heterocycles. The lowest BCUT2D eigenvalue weighted by molar-refractivity contribution is 0.0572. The Morgan fingerprint density at radius 3 is 2.00 bits per heavy atom. The van der Waals surface area contributed by atoms with Crippen molar-refractivity contribution in [3.63, 3.8) is 0 Å². The van der Waals surface area contributed by atoms with Crippen molar-refractivity contribution < 1.29 is 10.2 Å². The van der Waals surface area contributed by atoms with E-state index in [4.69, 9.17) is 0 Å². The SMILES string of the molecule is OC1CN(CC2(CBr)CCCCCC2)CC1O. The summed E-state index contributed by atoms with van der Waals surface area (Å²) in [6.45, 7) is 2.29. The zero-order valence-electron chi connectivity index (χ0n) is 10.4. The topological polar surface area (TPSA) is 43.7 Å². The summed E-state index contributed by atoms with van der Waals surface area (Å²) in [5, 5.41) is 20.3. The van der Waals surface area contributed by atoms with Crippen LogP contribution in [0.3, 0.4) is 0 Å². The van der Waals surface area contributed by atoms with E-state index in [0.717, 1.165) is 11.9 Å². The van der Waals surface area contributed by atoms with Gasteiger partial charge in [0.1, 0.15) is 0 Å². The standard InChI is InChI=1S/C13H24BrNO2/c14-9-13(5-3-1-2-4-6-13)10-15-7-11(16)12(17)8-15/h11-12,16-17H,1-10H2. The number of likely N-dealkylation sites (tertiary alicyclic amines) is 1. The second kappa shape index (κ2) is 6.00. The smallest absolute Gasteiger partial charge is 0.0938 e. The highest BCUT2D eigenvalue weighted by molar-refractivity contribution is 9.09. The third-order valence-corrected chi connectivity index (χ3v) is 5.53. The molecule has 0 aromatic rings. The summed E-state index contributed by atoms with van der Waals surface area (Å²) in [5.41, 5.74) is 0.361. The molecular formula is C13H24BrNO2. The first kappa shape index (κ1) is 13.8. The molecule has 2 unspecified atom stereocenters. The summed E-state index contributed by atoms with van der Waals surface area (Å²) in [4.78, 5) is 2.24. The monoisotopic (exact) mass is 305 g/mol. The van der Waals surface area contributed by atoms with Gasteiger partial charge in [-0.15, -0.1) is 0 Å². The average Bonchev–Trinajstić information content (AvgIpc) is 2.54. The number of β-amino-alcohol motifs (C(OH)–C–C–N with tert-alkyl or cyclic N) is 2. The molecule has 100 valence electrons. The number of halogens is 1. The number of rotatable bonds is 3. The molecule has 0 aromatic heterocycles. The summed E-state index contributed by atoms with van der Waals surface area (Å²) >= 11 is 3.69. The maximum Gasteiger partial charge on any atom is 0.0938 e. The van der Waals surface area contributed by atoms with Crippen LogP contribution in [0.5, 0.6) is 0 Å². The summed E-state index contributed by atoms with van der Waals surface area (Å²) in [7, 11) is 0. The number of alkyl halides is 1. The van der Waals surface area contributed by atoms with E-state index in [9.17, 15) is 10.2 Å². The Balaban J connectivity index is 1.94. The minimum atomic E-state index is -0.548. The second-order valence-corrected chi connectivity index (χ2v) is 6.44. The van der Waals surface area contributed by atoms with Gasteiger partial charge in [-0.1, -0.05) is 41.6 Å². The first-order chi connectivity index (χ1) is 8.15. The Kier molecular flexibility index (Phi) is 4.87. The molecule has 1 aliphatic carbocycles. The van der Waals surface area contributed by atoms with Crippen LogP contribution in [-0.4, -0.2) is 52.3 Å². The third kappa shape index (κ3) is 3.43. The Morgan fingerprint density at radius 2 is 1.53 bits per heavy atom. The van der Waals surface area contributed by atoms with Crippen LogP contribution in [-0.2, 0) is 0 Å². The van der Waals surface area contributed by atoms with E-state index >= 15 is 0 Å². The summed E-state index contributed by atoms with van der Waals surface area (Å²) in [6, 6.07) is 0. The summed E-state index contributed by atoms with van der Waals surface area (Å²) in [5.74, 6) is 0. The Bertz CT molecular complexity index is 232. The molecule has 1 aliphatic heterocycles. The Morgan fingerprint density at radius 1 is 1.00 bits per heavy atom. The molecule has 4 heteroatoms. The van der Waals surface area contributed by atoms with Crippen molar-refractivity contribution in [2.45, 2.75) is 50.7 Å². The minimum absolute atomic E-state index is 0.361. The maximum absolute atomic E-state index is 9.61. The van der Waals surface area contributed by atoms with E-state index in [2.05, 4.69) is 20.8 Å². The normalized spacial score (nSPS) is 34.8. The van der Waals surface area contributed by atoms with Gasteiger partial charge in [0, 0.05) is 25.0 Å². The second-order valence-electron chi connectivity index (χ2n) is 5.88. The molecule has 2 rings (SSSR count). The predicted octanol–water partition coefficient (Wildman–Crippen LogP) is 1.76. The van der Waals surface area contributed by atoms with Gasteiger partial charge < -0.3 is 10.2 Å². The van der Waals surface area contributed by atoms with Gasteiger partial charge in [-0.3, -0.25) is 4.90 Å². The lowest BCUT2D eigenvalue weighted by Gasteiger charge is -2.35. The molecular weight excluding hydrogens is 282 g/mol. The van der Waals surface area contributed by atoms with Crippen LogP contribution in [0.15, 0.2) is 0 Å². The zero-order valence-corrected chi connectivity index (χ0v) is 12.0. The van der Waals surface area contributed by atoms with Crippen LogP contribution >= 0.6 is 15.9 Å². The van der Waals surface area contributed by atoms with Crippen molar-refractivity contribution >= 4 is 15.9 Å². The zero-order chi connectivity index (χ0) is 12.3. The first-order valence-corrected chi connectivity index (χ1v) is 7.92. The highest BCUT2D eigenvalue weighted by Gasteiger charge is 2.37. The van der Waals surface area contributed by atoms with Gasteiger partial charge in [-0.2, -0.15) is 0 Å². The van der Waals surface area contributed by atoms with E-state index < -0.39 is 12.2 Å². The summed E-state index contributed by atoms with van der Waals surface area (Å²) < 4.78 is 0. The number of hydrogen-bond donors (Lipinski definition) is 2. The van der Waals surface area contributed by atoms with Gasteiger partial charge in [0.25, 0.3) is 0 Å².